The van der Waals surface area contributed by atoms with Crippen LogP contribution >= 0.6 is 15.9 Å². The summed E-state index contributed by atoms with van der Waals surface area (Å²) >= 11 is 3.43. The summed E-state index contributed by atoms with van der Waals surface area (Å²) in [7, 11) is -3.65. The molecule has 0 radical (unpaired) electrons. The third-order valence-corrected chi connectivity index (χ3v) is 5.15. The normalized spacial score (nSPS) is 11.8. The van der Waals surface area contributed by atoms with Gasteiger partial charge in [-0.3, -0.25) is 0 Å². The lowest BCUT2D eigenvalue weighted by atomic mass is 10.1. The average Bonchev–Trinajstić information content (AvgIpc) is 2.94. The van der Waals surface area contributed by atoms with Crippen LogP contribution in [0.5, 0.6) is 0 Å². The molecule has 2 aromatic carbocycles. The minimum Gasteiger partial charge on any atom is -0.199 e. The van der Waals surface area contributed by atoms with Crippen molar-refractivity contribution in [2.75, 3.05) is 0 Å². The monoisotopic (exact) mass is 336 g/mol. The number of hydrogen-bond donors (Lipinski definition) is 0. The van der Waals surface area contributed by atoms with Crippen molar-refractivity contribution in [2.24, 2.45) is 0 Å². The van der Waals surface area contributed by atoms with E-state index in [0.717, 1.165) is 13.9 Å². The summed E-state index contributed by atoms with van der Waals surface area (Å²) in [6.07, 6.45) is 2.87. The highest BCUT2D eigenvalue weighted by atomic mass is 79.9. The van der Waals surface area contributed by atoms with Gasteiger partial charge in [0.05, 0.1) is 11.1 Å². The highest BCUT2D eigenvalue weighted by Crippen LogP contribution is 2.30. The van der Waals surface area contributed by atoms with E-state index in [-0.39, 0.29) is 4.90 Å². The topological polar surface area (TPSA) is 52.0 Å². The third-order valence-electron chi connectivity index (χ3n) is 2.84. The van der Waals surface area contributed by atoms with Crippen LogP contribution in [0, 0.1) is 0 Å². The first-order valence-electron chi connectivity index (χ1n) is 5.53. The standard InChI is InChI=1S/C13H9BrN2O2S/c14-12-6-7-13(11-5-2-1-4-10(11)12)19(17,18)16-9-3-8-15-16/h1-9H. The van der Waals surface area contributed by atoms with Crippen molar-refractivity contribution in [1.29, 1.82) is 0 Å². The van der Waals surface area contributed by atoms with Gasteiger partial charge < -0.3 is 0 Å². The number of nitrogens with zero attached hydrogens (tertiary/aromatic N) is 2. The fraction of sp³-hybridized carbons (Fsp3) is 0. The molecule has 0 spiro atoms. The first kappa shape index (κ1) is 12.4. The molecule has 19 heavy (non-hydrogen) atoms. The van der Waals surface area contributed by atoms with Crippen LogP contribution in [0.4, 0.5) is 0 Å². The predicted molar refractivity (Wildman–Crippen MR) is 76.5 cm³/mol. The maximum absolute atomic E-state index is 12.5. The molecular formula is C13H9BrN2O2S. The van der Waals surface area contributed by atoms with Gasteiger partial charge in [0.15, 0.2) is 0 Å². The quantitative estimate of drug-likeness (QED) is 0.722. The van der Waals surface area contributed by atoms with Crippen LogP contribution in [0.15, 0.2) is 64.2 Å². The molecule has 1 aromatic heterocycles. The van der Waals surface area contributed by atoms with Crippen LogP contribution < -0.4 is 0 Å². The zero-order valence-corrected chi connectivity index (χ0v) is 12.1. The Hall–Kier alpha value is -1.66. The van der Waals surface area contributed by atoms with Crippen molar-refractivity contribution < 1.29 is 8.42 Å². The smallest absolute Gasteiger partial charge is 0.199 e. The van der Waals surface area contributed by atoms with Crippen LogP contribution in [0.2, 0.25) is 0 Å². The minimum atomic E-state index is -3.65. The summed E-state index contributed by atoms with van der Waals surface area (Å²) < 4.78 is 26.8. The minimum absolute atomic E-state index is 0.245. The second-order valence-electron chi connectivity index (χ2n) is 3.97. The lowest BCUT2D eigenvalue weighted by Crippen LogP contribution is -2.13. The van der Waals surface area contributed by atoms with Gasteiger partial charge in [-0.1, -0.05) is 40.2 Å². The van der Waals surface area contributed by atoms with E-state index < -0.39 is 10.0 Å². The molecule has 96 valence electrons. The van der Waals surface area contributed by atoms with Crippen molar-refractivity contribution in [3.63, 3.8) is 0 Å². The van der Waals surface area contributed by atoms with Crippen molar-refractivity contribution in [3.05, 3.63) is 59.3 Å². The number of rotatable bonds is 2. The van der Waals surface area contributed by atoms with Crippen molar-refractivity contribution in [3.8, 4) is 0 Å². The zero-order valence-electron chi connectivity index (χ0n) is 9.69. The number of aromatic nitrogens is 2. The molecule has 3 rings (SSSR count). The summed E-state index contributed by atoms with van der Waals surface area (Å²) in [6.45, 7) is 0. The van der Waals surface area contributed by atoms with E-state index in [1.54, 1.807) is 24.3 Å². The summed E-state index contributed by atoms with van der Waals surface area (Å²) in [5, 5.41) is 5.34. The highest BCUT2D eigenvalue weighted by Gasteiger charge is 2.20. The van der Waals surface area contributed by atoms with Gasteiger partial charge in [-0.05, 0) is 23.6 Å². The van der Waals surface area contributed by atoms with Gasteiger partial charge in [-0.25, -0.2) is 0 Å². The number of hydrogen-bond acceptors (Lipinski definition) is 3. The number of halogens is 1. The SMILES string of the molecule is O=S(=O)(c1ccc(Br)c2ccccc12)n1cccn1. The van der Waals surface area contributed by atoms with Crippen LogP contribution in [0.25, 0.3) is 10.8 Å². The molecule has 0 fully saturated rings. The molecule has 0 atom stereocenters. The Morgan fingerprint density at radius 2 is 1.74 bits per heavy atom. The van der Waals surface area contributed by atoms with Gasteiger partial charge in [0.2, 0.25) is 0 Å². The van der Waals surface area contributed by atoms with E-state index in [9.17, 15) is 8.42 Å². The van der Waals surface area contributed by atoms with E-state index >= 15 is 0 Å². The molecular weight excluding hydrogens is 328 g/mol. The van der Waals surface area contributed by atoms with E-state index in [1.807, 2.05) is 18.2 Å². The molecule has 3 aromatic rings. The first-order chi connectivity index (χ1) is 9.10. The summed E-state index contributed by atoms with van der Waals surface area (Å²) in [5.74, 6) is 0. The Bertz CT molecular complexity index is 842. The Morgan fingerprint density at radius 1 is 1.00 bits per heavy atom. The molecule has 4 nitrogen and oxygen atoms in total. The molecule has 1 heterocycles. The molecule has 0 aliphatic carbocycles. The van der Waals surface area contributed by atoms with Gasteiger partial charge in [0.1, 0.15) is 0 Å². The van der Waals surface area contributed by atoms with Crippen molar-refractivity contribution in [2.45, 2.75) is 4.90 Å². The predicted octanol–water partition coefficient (Wildman–Crippen LogP) is 3.04. The molecule has 0 saturated carbocycles. The fourth-order valence-electron chi connectivity index (χ4n) is 1.96. The van der Waals surface area contributed by atoms with Crippen LogP contribution in [-0.4, -0.2) is 17.6 Å². The lowest BCUT2D eigenvalue weighted by molar-refractivity contribution is 0.581. The van der Waals surface area contributed by atoms with Crippen molar-refractivity contribution in [1.82, 2.24) is 9.19 Å². The molecule has 0 N–H and O–H groups in total. The van der Waals surface area contributed by atoms with Gasteiger partial charge in [-0.2, -0.15) is 17.6 Å². The molecule has 0 aliphatic rings. The fourth-order valence-corrected chi connectivity index (χ4v) is 3.74. The lowest BCUT2D eigenvalue weighted by Gasteiger charge is -2.09. The van der Waals surface area contributed by atoms with E-state index in [1.165, 1.54) is 12.4 Å². The average molecular weight is 337 g/mol. The Kier molecular flexibility index (Phi) is 2.91. The first-order valence-corrected chi connectivity index (χ1v) is 7.76. The van der Waals surface area contributed by atoms with E-state index in [2.05, 4.69) is 21.0 Å². The third kappa shape index (κ3) is 1.97. The van der Waals surface area contributed by atoms with Gasteiger partial charge in [-0.15, -0.1) is 0 Å². The van der Waals surface area contributed by atoms with Crippen molar-refractivity contribution >= 4 is 36.7 Å². The van der Waals surface area contributed by atoms with Crippen LogP contribution in [0.3, 0.4) is 0 Å². The van der Waals surface area contributed by atoms with E-state index in [0.29, 0.717) is 5.39 Å². The second kappa shape index (κ2) is 4.47. The highest BCUT2D eigenvalue weighted by molar-refractivity contribution is 9.10. The van der Waals surface area contributed by atoms with Gasteiger partial charge >= 0.3 is 0 Å². The number of fused-ring (bicyclic) bond motifs is 1. The van der Waals surface area contributed by atoms with E-state index in [4.69, 9.17) is 0 Å². The number of benzene rings is 2. The zero-order chi connectivity index (χ0) is 13.5. The second-order valence-corrected chi connectivity index (χ2v) is 6.59. The molecule has 0 aliphatic heterocycles. The maximum atomic E-state index is 12.5. The molecule has 6 heteroatoms. The molecule has 0 unspecified atom stereocenters. The Labute approximate surface area is 118 Å². The maximum Gasteiger partial charge on any atom is 0.283 e. The Balaban J connectivity index is 2.36. The molecule has 0 bridgehead atoms. The molecule has 0 saturated heterocycles. The summed E-state index contributed by atoms with van der Waals surface area (Å²) in [4.78, 5) is 0.245. The summed E-state index contributed by atoms with van der Waals surface area (Å²) in [6, 6.07) is 12.3. The summed E-state index contributed by atoms with van der Waals surface area (Å²) in [5.41, 5.74) is 0. The van der Waals surface area contributed by atoms with Crippen LogP contribution in [0.1, 0.15) is 0 Å². The van der Waals surface area contributed by atoms with Crippen LogP contribution in [-0.2, 0) is 10.0 Å². The van der Waals surface area contributed by atoms with Gasteiger partial charge in [0.25, 0.3) is 10.0 Å². The largest absolute Gasteiger partial charge is 0.283 e. The Morgan fingerprint density at radius 3 is 2.42 bits per heavy atom. The molecule has 0 amide bonds. The van der Waals surface area contributed by atoms with Gasteiger partial charge in [0, 0.05) is 16.1 Å².